The van der Waals surface area contributed by atoms with Gasteiger partial charge in [-0.2, -0.15) is 0 Å². The van der Waals surface area contributed by atoms with E-state index in [0.29, 0.717) is 10.2 Å². The third-order valence-corrected chi connectivity index (χ3v) is 4.91. The molecule has 1 atom stereocenters. The van der Waals surface area contributed by atoms with Crippen LogP contribution in [0.3, 0.4) is 0 Å². The van der Waals surface area contributed by atoms with E-state index < -0.39 is 22.8 Å². The number of halogens is 2. The van der Waals surface area contributed by atoms with Crippen LogP contribution in [0.2, 0.25) is 0 Å². The Hall–Kier alpha value is -2.46. The Labute approximate surface area is 177 Å². The summed E-state index contributed by atoms with van der Waals surface area (Å²) in [7, 11) is 1.18. The Morgan fingerprint density at radius 2 is 1.86 bits per heavy atom. The number of amides is 1. The van der Waals surface area contributed by atoms with Gasteiger partial charge in [-0.3, -0.25) is 19.8 Å². The number of hydrogen-bond acceptors (Lipinski definition) is 6. The molecule has 2 aromatic rings. The van der Waals surface area contributed by atoms with Crippen LogP contribution < -0.4 is 9.64 Å². The predicted octanol–water partition coefficient (Wildman–Crippen LogP) is 4.83. The molecule has 28 heavy (non-hydrogen) atoms. The summed E-state index contributed by atoms with van der Waals surface area (Å²) in [6.07, 6.45) is 0. The molecule has 0 fully saturated rings. The number of nitro benzene ring substituents is 1. The van der Waals surface area contributed by atoms with E-state index in [1.165, 1.54) is 39.2 Å². The number of anilines is 1. The molecular weight excluding hydrogens is 500 g/mol. The van der Waals surface area contributed by atoms with E-state index in [-0.39, 0.29) is 17.1 Å². The number of carbonyl (C=O) groups is 2. The van der Waals surface area contributed by atoms with Crippen LogP contribution in [0.5, 0.6) is 11.5 Å². The van der Waals surface area contributed by atoms with E-state index in [9.17, 15) is 19.7 Å². The number of benzene rings is 2. The van der Waals surface area contributed by atoms with Crippen molar-refractivity contribution in [3.8, 4) is 11.5 Å². The summed E-state index contributed by atoms with van der Waals surface area (Å²) in [4.78, 5) is 36.0. The lowest BCUT2D eigenvalue weighted by Gasteiger charge is -2.26. The van der Waals surface area contributed by atoms with Crippen molar-refractivity contribution < 1.29 is 24.0 Å². The highest BCUT2D eigenvalue weighted by Crippen LogP contribution is 2.37. The molecule has 0 aliphatic carbocycles. The monoisotopic (exact) mass is 514 g/mol. The fourth-order valence-electron chi connectivity index (χ4n) is 2.53. The van der Waals surface area contributed by atoms with E-state index in [1.54, 1.807) is 18.2 Å². The number of rotatable bonds is 6. The number of hydrogen-bond donors (Lipinski definition) is 0. The maximum Gasteiger partial charge on any atom is 0.328 e. The summed E-state index contributed by atoms with van der Waals surface area (Å²) < 4.78 is 12.0. The first kappa shape index (κ1) is 21.8. The average molecular weight is 516 g/mol. The maximum absolute atomic E-state index is 12.2. The molecular formula is C18H16Br2N2O6. The van der Waals surface area contributed by atoms with Crippen molar-refractivity contribution in [2.75, 3.05) is 12.0 Å². The predicted molar refractivity (Wildman–Crippen MR) is 110 cm³/mol. The normalized spacial score (nSPS) is 11.5. The minimum atomic E-state index is -1.06. The molecule has 0 saturated carbocycles. The summed E-state index contributed by atoms with van der Waals surface area (Å²) in [5, 5.41) is 11.5. The molecule has 0 aliphatic heterocycles. The molecule has 1 unspecified atom stereocenters. The molecule has 0 spiro atoms. The first-order valence-corrected chi connectivity index (χ1v) is 9.53. The van der Waals surface area contributed by atoms with Crippen LogP contribution in [0, 0.1) is 10.1 Å². The molecule has 1 amide bonds. The molecule has 10 heteroatoms. The summed E-state index contributed by atoms with van der Waals surface area (Å²) in [5.41, 5.74) is -0.408. The Bertz CT molecular complexity index is 934. The van der Waals surface area contributed by atoms with Gasteiger partial charge in [0.1, 0.15) is 23.2 Å². The summed E-state index contributed by atoms with van der Waals surface area (Å²) in [6, 6.07) is 8.17. The zero-order valence-corrected chi connectivity index (χ0v) is 18.3. The van der Waals surface area contributed by atoms with Crippen molar-refractivity contribution in [2.24, 2.45) is 0 Å². The van der Waals surface area contributed by atoms with Gasteiger partial charge in [0.25, 0.3) is 5.69 Å². The van der Waals surface area contributed by atoms with Crippen LogP contribution in [-0.2, 0) is 14.3 Å². The van der Waals surface area contributed by atoms with Gasteiger partial charge in [-0.1, -0.05) is 15.9 Å². The third-order valence-electron chi connectivity index (χ3n) is 3.79. The highest BCUT2D eigenvalue weighted by molar-refractivity contribution is 9.11. The highest BCUT2D eigenvalue weighted by Gasteiger charge is 2.31. The van der Waals surface area contributed by atoms with Crippen LogP contribution in [0.25, 0.3) is 0 Å². The lowest BCUT2D eigenvalue weighted by Crippen LogP contribution is -2.43. The van der Waals surface area contributed by atoms with Crippen LogP contribution in [-0.4, -0.2) is 30.0 Å². The van der Waals surface area contributed by atoms with Gasteiger partial charge < -0.3 is 9.47 Å². The zero-order chi connectivity index (χ0) is 21.0. The molecule has 0 saturated heterocycles. The number of nitro groups is 1. The summed E-state index contributed by atoms with van der Waals surface area (Å²) >= 11 is 6.72. The van der Waals surface area contributed by atoms with Gasteiger partial charge >= 0.3 is 5.97 Å². The Morgan fingerprint density at radius 3 is 2.39 bits per heavy atom. The molecule has 0 aliphatic rings. The topological polar surface area (TPSA) is 99.0 Å². The van der Waals surface area contributed by atoms with Crippen LogP contribution >= 0.6 is 31.9 Å². The summed E-state index contributed by atoms with van der Waals surface area (Å²) in [5.74, 6) is -0.528. The van der Waals surface area contributed by atoms with Crippen LogP contribution in [0.4, 0.5) is 11.4 Å². The number of ether oxygens (including phenoxy) is 2. The molecule has 0 N–H and O–H groups in total. The van der Waals surface area contributed by atoms with Crippen molar-refractivity contribution in [2.45, 2.75) is 19.9 Å². The number of esters is 1. The second-order valence-corrected chi connectivity index (χ2v) is 7.44. The second kappa shape index (κ2) is 9.16. The first-order valence-electron chi connectivity index (χ1n) is 7.94. The largest absolute Gasteiger partial charge is 0.467 e. The minimum absolute atomic E-state index is 0.0684. The van der Waals surface area contributed by atoms with Gasteiger partial charge in [0.15, 0.2) is 0 Å². The molecule has 0 radical (unpaired) electrons. The van der Waals surface area contributed by atoms with E-state index >= 15 is 0 Å². The van der Waals surface area contributed by atoms with Gasteiger partial charge in [-0.15, -0.1) is 0 Å². The molecule has 0 aromatic heterocycles. The van der Waals surface area contributed by atoms with Crippen molar-refractivity contribution in [3.05, 3.63) is 55.5 Å². The number of nitrogens with zero attached hydrogens (tertiary/aromatic N) is 2. The fourth-order valence-corrected chi connectivity index (χ4v) is 3.65. The molecule has 8 nitrogen and oxygen atoms in total. The Balaban J connectivity index is 2.54. The van der Waals surface area contributed by atoms with Crippen molar-refractivity contribution in [1.82, 2.24) is 0 Å². The van der Waals surface area contributed by atoms with Crippen LogP contribution in [0.1, 0.15) is 13.8 Å². The highest BCUT2D eigenvalue weighted by atomic mass is 79.9. The Morgan fingerprint density at radius 1 is 1.18 bits per heavy atom. The minimum Gasteiger partial charge on any atom is -0.467 e. The molecule has 0 bridgehead atoms. The van der Waals surface area contributed by atoms with Crippen molar-refractivity contribution >= 4 is 55.1 Å². The second-order valence-electron chi connectivity index (χ2n) is 5.67. The van der Waals surface area contributed by atoms with E-state index in [4.69, 9.17) is 4.74 Å². The lowest BCUT2D eigenvalue weighted by molar-refractivity contribution is -0.384. The molecule has 2 aromatic carbocycles. The first-order chi connectivity index (χ1) is 13.1. The van der Waals surface area contributed by atoms with Gasteiger partial charge in [0.2, 0.25) is 5.91 Å². The van der Waals surface area contributed by atoms with Crippen LogP contribution in [0.15, 0.2) is 45.3 Å². The van der Waals surface area contributed by atoms with Crippen molar-refractivity contribution in [3.63, 3.8) is 0 Å². The zero-order valence-electron chi connectivity index (χ0n) is 15.1. The van der Waals surface area contributed by atoms with Gasteiger partial charge in [-0.05, 0) is 47.1 Å². The quantitative estimate of drug-likeness (QED) is 0.310. The fraction of sp³-hybridized carbons (Fsp3) is 0.222. The van der Waals surface area contributed by atoms with Crippen molar-refractivity contribution in [1.29, 1.82) is 0 Å². The SMILES string of the molecule is COC(=O)C(C)N(C(C)=O)c1cc(Oc2ccc(Br)cc2Br)ccc1[N+](=O)[O-]. The average Bonchev–Trinajstić information content (AvgIpc) is 2.63. The molecule has 2 rings (SSSR count). The smallest absolute Gasteiger partial charge is 0.328 e. The maximum atomic E-state index is 12.2. The summed E-state index contributed by atoms with van der Waals surface area (Å²) in [6.45, 7) is 2.64. The number of carbonyl (C=O) groups excluding carboxylic acids is 2. The molecule has 0 heterocycles. The third kappa shape index (κ3) is 4.87. The van der Waals surface area contributed by atoms with Gasteiger partial charge in [0.05, 0.1) is 16.5 Å². The van der Waals surface area contributed by atoms with E-state index in [0.717, 1.165) is 9.37 Å². The van der Waals surface area contributed by atoms with E-state index in [1.807, 2.05) is 0 Å². The standard InChI is InChI=1S/C18H16Br2N2O6/c1-10(18(24)27-3)21(11(2)23)16-9-13(5-6-15(16)22(25)26)28-17-7-4-12(19)8-14(17)20/h4-10H,1-3H3. The molecule has 148 valence electrons. The van der Waals surface area contributed by atoms with Gasteiger partial charge in [-0.25, -0.2) is 4.79 Å². The lowest BCUT2D eigenvalue weighted by atomic mass is 10.1. The van der Waals surface area contributed by atoms with E-state index in [2.05, 4.69) is 36.6 Å². The Kier molecular flexibility index (Phi) is 7.14. The number of methoxy groups -OCH3 is 1. The van der Waals surface area contributed by atoms with Gasteiger partial charge in [0, 0.05) is 23.5 Å².